The van der Waals surface area contributed by atoms with Gasteiger partial charge in [0.15, 0.2) is 5.82 Å². The fraction of sp³-hybridized carbons (Fsp3) is 0.0185. The number of benzene rings is 7. The molecule has 1 aliphatic heterocycles. The van der Waals surface area contributed by atoms with Gasteiger partial charge in [-0.15, -0.1) is 0 Å². The standard InChI is InChI=1S/C54H33N3O2/c1-2-12-38(13-3-1)53-56-47(37-25-20-34(21-26-37)40-14-10-28-55-33-40)32-48(57-53)39-27-24-36-23-22-35-11-4-6-16-43(35)54(45(36)29-39)44-17-7-9-19-50(44)59-52-30-42-41-15-5-8-18-49(41)58-51(42)31-46(52)54/h1-33H. The van der Waals surface area contributed by atoms with Crippen LogP contribution in [0, 0.1) is 0 Å². The molecule has 59 heavy (non-hydrogen) atoms. The van der Waals surface area contributed by atoms with Crippen LogP contribution in [0.1, 0.15) is 33.4 Å². The molecular formula is C54H33N3O2. The molecule has 1 unspecified atom stereocenters. The SMILES string of the molecule is C1=Cc2ccc(-c3cc(-c4ccc(-c5cccnc5)cc4)nc(-c4ccccc4)n3)cc2C2(c3ccccc31)c1ccccc1Oc1cc3c(cc12)oc1ccccc13. The van der Waals surface area contributed by atoms with Crippen LogP contribution in [-0.2, 0) is 5.41 Å². The Kier molecular flexibility index (Phi) is 7.38. The average molecular weight is 756 g/mol. The number of furan rings is 1. The van der Waals surface area contributed by atoms with Crippen LogP contribution in [-0.4, -0.2) is 15.0 Å². The molecule has 0 saturated heterocycles. The van der Waals surface area contributed by atoms with Crippen LogP contribution in [0.2, 0.25) is 0 Å². The Hall–Kier alpha value is -7.89. The van der Waals surface area contributed by atoms with Crippen LogP contribution in [0.15, 0.2) is 193 Å². The molecule has 1 atom stereocenters. The number of nitrogens with zero attached hydrogens (tertiary/aromatic N) is 3. The lowest BCUT2D eigenvalue weighted by Crippen LogP contribution is -2.35. The predicted octanol–water partition coefficient (Wildman–Crippen LogP) is 13.4. The van der Waals surface area contributed by atoms with E-state index in [0.717, 1.165) is 100 Å². The first-order valence-electron chi connectivity index (χ1n) is 19.8. The fourth-order valence-corrected chi connectivity index (χ4v) is 9.16. The number of para-hydroxylation sites is 2. The van der Waals surface area contributed by atoms with Crippen LogP contribution in [0.25, 0.3) is 79.1 Å². The number of hydrogen-bond acceptors (Lipinski definition) is 5. The summed E-state index contributed by atoms with van der Waals surface area (Å²) in [6.45, 7) is 0. The van der Waals surface area contributed by atoms with Crippen molar-refractivity contribution >= 4 is 34.1 Å². The summed E-state index contributed by atoms with van der Waals surface area (Å²) in [6, 6.07) is 61.4. The van der Waals surface area contributed by atoms with Crippen molar-refractivity contribution < 1.29 is 9.15 Å². The maximum absolute atomic E-state index is 6.90. The molecule has 0 radical (unpaired) electrons. The van der Waals surface area contributed by atoms with E-state index < -0.39 is 5.41 Å². The third-order valence-electron chi connectivity index (χ3n) is 11.9. The van der Waals surface area contributed by atoms with E-state index in [4.69, 9.17) is 19.1 Å². The molecule has 0 N–H and O–H groups in total. The van der Waals surface area contributed by atoms with E-state index in [-0.39, 0.29) is 0 Å². The van der Waals surface area contributed by atoms with Crippen molar-refractivity contribution in [3.05, 3.63) is 222 Å². The summed E-state index contributed by atoms with van der Waals surface area (Å²) >= 11 is 0. The maximum Gasteiger partial charge on any atom is 0.160 e. The molecule has 0 amide bonds. The van der Waals surface area contributed by atoms with E-state index in [2.05, 4.69) is 157 Å². The molecular weight excluding hydrogens is 723 g/mol. The first kappa shape index (κ1) is 33.3. The highest BCUT2D eigenvalue weighted by atomic mass is 16.5. The Balaban J connectivity index is 1.11. The molecule has 3 aromatic heterocycles. The third-order valence-corrected chi connectivity index (χ3v) is 11.9. The zero-order chi connectivity index (χ0) is 38.9. The summed E-state index contributed by atoms with van der Waals surface area (Å²) in [5.74, 6) is 2.30. The molecule has 1 aliphatic carbocycles. The Labute approximate surface area is 340 Å². The Morgan fingerprint density at radius 1 is 0.407 bits per heavy atom. The van der Waals surface area contributed by atoms with Crippen LogP contribution in [0.3, 0.4) is 0 Å². The van der Waals surface area contributed by atoms with E-state index in [9.17, 15) is 0 Å². The summed E-state index contributed by atoms with van der Waals surface area (Å²) in [6.07, 6.45) is 8.17. The quantitative estimate of drug-likeness (QED) is 0.179. The number of hydrogen-bond donors (Lipinski definition) is 0. The summed E-state index contributed by atoms with van der Waals surface area (Å²) in [4.78, 5) is 14.8. The smallest absolute Gasteiger partial charge is 0.160 e. The molecule has 5 nitrogen and oxygen atoms in total. The minimum atomic E-state index is -0.775. The lowest BCUT2D eigenvalue weighted by Gasteiger charge is -2.42. The van der Waals surface area contributed by atoms with Gasteiger partial charge in [0.1, 0.15) is 22.7 Å². The number of fused-ring (bicyclic) bond motifs is 11. The van der Waals surface area contributed by atoms with Gasteiger partial charge in [-0.05, 0) is 75.8 Å². The highest BCUT2D eigenvalue weighted by Crippen LogP contribution is 2.59. The number of aromatic nitrogens is 3. The molecule has 2 aliphatic rings. The molecule has 7 aromatic carbocycles. The lowest BCUT2D eigenvalue weighted by atomic mass is 9.62. The van der Waals surface area contributed by atoms with Gasteiger partial charge in [-0.1, -0.05) is 146 Å². The minimum absolute atomic E-state index is 0.665. The van der Waals surface area contributed by atoms with Gasteiger partial charge in [0, 0.05) is 51.0 Å². The Bertz CT molecular complexity index is 3300. The molecule has 1 spiro atoms. The Morgan fingerprint density at radius 2 is 1.10 bits per heavy atom. The highest BCUT2D eigenvalue weighted by Gasteiger charge is 2.48. The molecule has 0 bridgehead atoms. The largest absolute Gasteiger partial charge is 0.457 e. The summed E-state index contributed by atoms with van der Waals surface area (Å²) in [7, 11) is 0. The summed E-state index contributed by atoms with van der Waals surface area (Å²) < 4.78 is 13.5. The first-order chi connectivity index (χ1) is 29.2. The predicted molar refractivity (Wildman–Crippen MR) is 236 cm³/mol. The number of pyridine rings is 1. The number of rotatable bonds is 4. The van der Waals surface area contributed by atoms with Crippen LogP contribution < -0.4 is 4.74 Å². The van der Waals surface area contributed by atoms with Crippen LogP contribution >= 0.6 is 0 Å². The van der Waals surface area contributed by atoms with Crippen molar-refractivity contribution in [3.8, 4) is 56.5 Å². The fourth-order valence-electron chi connectivity index (χ4n) is 9.16. The third kappa shape index (κ3) is 5.22. The van der Waals surface area contributed by atoms with Crippen molar-refractivity contribution in [2.24, 2.45) is 0 Å². The van der Waals surface area contributed by atoms with Crippen molar-refractivity contribution in [1.29, 1.82) is 0 Å². The van der Waals surface area contributed by atoms with Gasteiger partial charge < -0.3 is 9.15 Å². The Morgan fingerprint density at radius 3 is 1.95 bits per heavy atom. The molecule has 276 valence electrons. The van der Waals surface area contributed by atoms with Crippen molar-refractivity contribution in [1.82, 2.24) is 15.0 Å². The molecule has 10 aromatic rings. The zero-order valence-corrected chi connectivity index (χ0v) is 31.7. The van der Waals surface area contributed by atoms with E-state index in [1.54, 1.807) is 6.20 Å². The van der Waals surface area contributed by atoms with E-state index in [0.29, 0.717) is 5.82 Å². The van der Waals surface area contributed by atoms with Crippen LogP contribution in [0.4, 0.5) is 0 Å². The van der Waals surface area contributed by atoms with E-state index in [1.807, 2.05) is 42.6 Å². The van der Waals surface area contributed by atoms with Gasteiger partial charge in [0.2, 0.25) is 0 Å². The normalized spacial score (nSPS) is 14.9. The van der Waals surface area contributed by atoms with Gasteiger partial charge >= 0.3 is 0 Å². The van der Waals surface area contributed by atoms with Crippen molar-refractivity contribution in [2.75, 3.05) is 0 Å². The monoisotopic (exact) mass is 755 g/mol. The minimum Gasteiger partial charge on any atom is -0.457 e. The maximum atomic E-state index is 6.90. The van der Waals surface area contributed by atoms with Gasteiger partial charge in [0.25, 0.3) is 0 Å². The van der Waals surface area contributed by atoms with Gasteiger partial charge in [-0.3, -0.25) is 4.98 Å². The van der Waals surface area contributed by atoms with Gasteiger partial charge in [-0.2, -0.15) is 0 Å². The average Bonchev–Trinajstić information content (AvgIpc) is 3.60. The molecule has 4 heterocycles. The topological polar surface area (TPSA) is 61.0 Å². The van der Waals surface area contributed by atoms with E-state index in [1.165, 1.54) is 5.56 Å². The van der Waals surface area contributed by atoms with Gasteiger partial charge in [-0.25, -0.2) is 9.97 Å². The second kappa shape index (κ2) is 13.1. The number of ether oxygens (including phenoxy) is 1. The highest BCUT2D eigenvalue weighted by molar-refractivity contribution is 6.06. The lowest BCUT2D eigenvalue weighted by molar-refractivity contribution is 0.435. The summed E-state index contributed by atoms with van der Waals surface area (Å²) in [5.41, 5.74) is 14.3. The van der Waals surface area contributed by atoms with Crippen molar-refractivity contribution in [3.63, 3.8) is 0 Å². The zero-order valence-electron chi connectivity index (χ0n) is 31.7. The molecule has 0 saturated carbocycles. The van der Waals surface area contributed by atoms with E-state index >= 15 is 0 Å². The van der Waals surface area contributed by atoms with Crippen molar-refractivity contribution in [2.45, 2.75) is 5.41 Å². The molecule has 0 fully saturated rings. The molecule has 5 heteroatoms. The van der Waals surface area contributed by atoms with Crippen LogP contribution in [0.5, 0.6) is 11.5 Å². The summed E-state index contributed by atoms with van der Waals surface area (Å²) in [5, 5.41) is 2.09. The second-order valence-electron chi connectivity index (χ2n) is 15.2. The molecule has 12 rings (SSSR count). The second-order valence-corrected chi connectivity index (χ2v) is 15.2. The van der Waals surface area contributed by atoms with Gasteiger partial charge in [0.05, 0.1) is 16.8 Å². The first-order valence-corrected chi connectivity index (χ1v) is 19.8.